The van der Waals surface area contributed by atoms with Gasteiger partial charge in [0.1, 0.15) is 0 Å². The van der Waals surface area contributed by atoms with Crippen molar-refractivity contribution in [3.8, 4) is 0 Å². The largest absolute Gasteiger partial charge is 0.365 e. The van der Waals surface area contributed by atoms with E-state index in [0.29, 0.717) is 16.7 Å². The predicted molar refractivity (Wildman–Crippen MR) is 98.4 cm³/mol. The molecular weight excluding hydrogens is 344 g/mol. The van der Waals surface area contributed by atoms with Gasteiger partial charge in [0.2, 0.25) is 0 Å². The molecule has 0 radical (unpaired) electrons. The molecule has 1 aromatic heterocycles. The van der Waals surface area contributed by atoms with Crippen molar-refractivity contribution in [2.45, 2.75) is 52.0 Å². The molecule has 0 spiro atoms. The lowest BCUT2D eigenvalue weighted by Crippen LogP contribution is -2.32. The van der Waals surface area contributed by atoms with Crippen LogP contribution in [0, 0.1) is 13.8 Å². The fourth-order valence-corrected chi connectivity index (χ4v) is 4.27. The minimum absolute atomic E-state index is 0.253. The molecule has 4 rings (SSSR count). The molecular formula is C21H22N2O4. The van der Waals surface area contributed by atoms with Gasteiger partial charge in [0.25, 0.3) is 11.8 Å². The molecule has 6 nitrogen and oxygen atoms in total. The van der Waals surface area contributed by atoms with Crippen molar-refractivity contribution in [1.29, 1.82) is 0 Å². The highest BCUT2D eigenvalue weighted by Crippen LogP contribution is 2.32. The van der Waals surface area contributed by atoms with Crippen molar-refractivity contribution in [1.82, 2.24) is 9.63 Å². The van der Waals surface area contributed by atoms with Gasteiger partial charge < -0.3 is 9.40 Å². The zero-order valence-corrected chi connectivity index (χ0v) is 15.5. The van der Waals surface area contributed by atoms with Crippen molar-refractivity contribution >= 4 is 17.8 Å². The Kier molecular flexibility index (Phi) is 4.34. The van der Waals surface area contributed by atoms with E-state index in [-0.39, 0.29) is 11.1 Å². The van der Waals surface area contributed by atoms with Crippen LogP contribution in [0.4, 0.5) is 0 Å². The maximum atomic E-state index is 12.7. The molecule has 0 bridgehead atoms. The lowest BCUT2D eigenvalue weighted by atomic mass is 9.95. The van der Waals surface area contributed by atoms with Gasteiger partial charge in [-0.25, -0.2) is 4.79 Å². The Morgan fingerprint density at radius 2 is 1.59 bits per heavy atom. The average molecular weight is 366 g/mol. The summed E-state index contributed by atoms with van der Waals surface area (Å²) in [5.74, 6) is -1.89. The number of hydrogen-bond donors (Lipinski definition) is 0. The van der Waals surface area contributed by atoms with E-state index >= 15 is 0 Å². The van der Waals surface area contributed by atoms with Crippen molar-refractivity contribution < 1.29 is 19.2 Å². The highest BCUT2D eigenvalue weighted by Gasteiger charge is 2.39. The van der Waals surface area contributed by atoms with Crippen molar-refractivity contribution in [3.63, 3.8) is 0 Å². The van der Waals surface area contributed by atoms with E-state index in [4.69, 9.17) is 4.84 Å². The fraction of sp³-hybridized carbons (Fsp3) is 0.381. The topological polar surface area (TPSA) is 68.6 Å². The van der Waals surface area contributed by atoms with Gasteiger partial charge in [-0.05, 0) is 44.9 Å². The molecule has 2 aliphatic rings. The molecule has 0 atom stereocenters. The number of hydrogen-bond acceptors (Lipinski definition) is 4. The van der Waals surface area contributed by atoms with Gasteiger partial charge in [-0.2, -0.15) is 0 Å². The fourth-order valence-electron chi connectivity index (χ4n) is 4.27. The summed E-state index contributed by atoms with van der Waals surface area (Å²) in [5.41, 5.74) is 2.72. The van der Waals surface area contributed by atoms with Crippen LogP contribution in [0.15, 0.2) is 30.3 Å². The van der Waals surface area contributed by atoms with E-state index in [0.717, 1.165) is 24.2 Å². The van der Waals surface area contributed by atoms with Crippen LogP contribution in [0.5, 0.6) is 0 Å². The van der Waals surface area contributed by atoms with Gasteiger partial charge >= 0.3 is 5.97 Å². The molecule has 27 heavy (non-hydrogen) atoms. The van der Waals surface area contributed by atoms with Crippen molar-refractivity contribution in [2.75, 3.05) is 0 Å². The number of nitrogens with zero attached hydrogens (tertiary/aromatic N) is 2. The van der Waals surface area contributed by atoms with Crippen LogP contribution in [0.3, 0.4) is 0 Å². The molecule has 6 heteroatoms. The quantitative estimate of drug-likeness (QED) is 0.771. The first kappa shape index (κ1) is 17.5. The molecule has 1 aliphatic heterocycles. The van der Waals surface area contributed by atoms with Crippen LogP contribution in [-0.2, 0) is 4.84 Å². The maximum absolute atomic E-state index is 12.7. The van der Waals surface area contributed by atoms with Gasteiger partial charge in [0.15, 0.2) is 0 Å². The van der Waals surface area contributed by atoms with Gasteiger partial charge in [0.05, 0.1) is 16.7 Å². The smallest absolute Gasteiger partial charge is 0.345 e. The van der Waals surface area contributed by atoms with E-state index in [2.05, 4.69) is 4.57 Å². The number of rotatable bonds is 3. The summed E-state index contributed by atoms with van der Waals surface area (Å²) in [6.45, 7) is 3.86. The lowest BCUT2D eigenvalue weighted by molar-refractivity contribution is -0.0585. The molecule has 1 fully saturated rings. The standard InChI is InChI=1S/C21H22N2O4/c1-13-12-18(14(2)22(13)15-8-4-3-5-9-15)21(26)27-23-19(24)16-10-6-7-11-17(16)20(23)25/h6-7,10-12,15H,3-5,8-9H2,1-2H3. The van der Waals surface area contributed by atoms with Crippen molar-refractivity contribution in [2.24, 2.45) is 0 Å². The third-order valence-electron chi connectivity index (χ3n) is 5.58. The van der Waals surface area contributed by atoms with Gasteiger partial charge in [0, 0.05) is 17.4 Å². The number of carbonyl (C=O) groups excluding carboxylic acids is 3. The molecule has 0 saturated heterocycles. The first-order chi connectivity index (χ1) is 13.0. The van der Waals surface area contributed by atoms with E-state index in [9.17, 15) is 14.4 Å². The van der Waals surface area contributed by atoms with Gasteiger partial charge in [-0.15, -0.1) is 0 Å². The molecule has 1 aliphatic carbocycles. The van der Waals surface area contributed by atoms with Gasteiger partial charge in [-0.3, -0.25) is 9.59 Å². The first-order valence-electron chi connectivity index (χ1n) is 9.37. The number of amides is 2. The summed E-state index contributed by atoms with van der Waals surface area (Å²) in [5, 5.41) is 0.569. The molecule has 1 saturated carbocycles. The lowest BCUT2D eigenvalue weighted by Gasteiger charge is -2.26. The predicted octanol–water partition coefficient (Wildman–Crippen LogP) is 3.98. The van der Waals surface area contributed by atoms with E-state index in [1.165, 1.54) is 19.3 Å². The van der Waals surface area contributed by atoms with Crippen LogP contribution in [0.1, 0.15) is 80.6 Å². The van der Waals surface area contributed by atoms with E-state index in [1.807, 2.05) is 13.8 Å². The van der Waals surface area contributed by atoms with Crippen molar-refractivity contribution in [3.05, 3.63) is 58.4 Å². The normalized spacial score (nSPS) is 17.3. The summed E-state index contributed by atoms with van der Waals surface area (Å²) in [4.78, 5) is 42.8. The maximum Gasteiger partial charge on any atom is 0.365 e. The summed E-state index contributed by atoms with van der Waals surface area (Å²) in [6.07, 6.45) is 5.84. The molecule has 1 aromatic carbocycles. The molecule has 2 aromatic rings. The minimum Gasteiger partial charge on any atom is -0.345 e. The van der Waals surface area contributed by atoms with E-state index in [1.54, 1.807) is 30.3 Å². The Morgan fingerprint density at radius 1 is 1.00 bits per heavy atom. The number of fused-ring (bicyclic) bond motifs is 1. The highest BCUT2D eigenvalue weighted by molar-refractivity contribution is 6.21. The van der Waals surface area contributed by atoms with Crippen LogP contribution in [0.2, 0.25) is 0 Å². The highest BCUT2D eigenvalue weighted by atomic mass is 16.7. The number of hydroxylamine groups is 2. The Balaban J connectivity index is 1.58. The molecule has 0 unspecified atom stereocenters. The Labute approximate surface area is 157 Å². The van der Waals surface area contributed by atoms with Crippen LogP contribution >= 0.6 is 0 Å². The number of benzene rings is 1. The molecule has 0 N–H and O–H groups in total. The third kappa shape index (κ3) is 2.85. The van der Waals surface area contributed by atoms with Crippen LogP contribution in [-0.4, -0.2) is 27.4 Å². The zero-order valence-electron chi connectivity index (χ0n) is 15.5. The first-order valence-corrected chi connectivity index (χ1v) is 9.37. The SMILES string of the molecule is Cc1cc(C(=O)ON2C(=O)c3ccccc3C2=O)c(C)n1C1CCCCC1. The third-order valence-corrected chi connectivity index (χ3v) is 5.58. The molecule has 2 heterocycles. The minimum atomic E-state index is -0.681. The van der Waals surface area contributed by atoms with Gasteiger partial charge in [-0.1, -0.05) is 36.5 Å². The number of aromatic nitrogens is 1. The zero-order chi connectivity index (χ0) is 19.1. The Hall–Kier alpha value is -2.89. The molecule has 2 amide bonds. The Morgan fingerprint density at radius 3 is 2.19 bits per heavy atom. The summed E-state index contributed by atoms with van der Waals surface area (Å²) >= 11 is 0. The monoisotopic (exact) mass is 366 g/mol. The second-order valence-corrected chi connectivity index (χ2v) is 7.28. The second kappa shape index (κ2) is 6.68. The molecule has 140 valence electrons. The Bertz CT molecular complexity index is 903. The number of carbonyl (C=O) groups is 3. The second-order valence-electron chi connectivity index (χ2n) is 7.28. The number of aryl methyl sites for hydroxylation is 1. The van der Waals surface area contributed by atoms with Crippen LogP contribution in [0.25, 0.3) is 0 Å². The number of imide groups is 1. The van der Waals surface area contributed by atoms with E-state index < -0.39 is 17.8 Å². The average Bonchev–Trinajstić information content (AvgIpc) is 3.11. The summed E-state index contributed by atoms with van der Waals surface area (Å²) < 4.78 is 2.19. The van der Waals surface area contributed by atoms with Crippen LogP contribution < -0.4 is 0 Å². The summed E-state index contributed by atoms with van der Waals surface area (Å²) in [7, 11) is 0. The summed E-state index contributed by atoms with van der Waals surface area (Å²) in [6, 6.07) is 8.63.